The van der Waals surface area contributed by atoms with Gasteiger partial charge in [-0.05, 0) is 42.8 Å². The van der Waals surface area contributed by atoms with E-state index in [0.717, 1.165) is 5.56 Å². The Balaban J connectivity index is 1.72. The highest BCUT2D eigenvalue weighted by Crippen LogP contribution is 2.21. The number of nitrogens with one attached hydrogen (secondary N) is 1. The van der Waals surface area contributed by atoms with Crippen molar-refractivity contribution in [1.29, 1.82) is 5.26 Å². The van der Waals surface area contributed by atoms with Crippen molar-refractivity contribution in [2.75, 3.05) is 11.1 Å². The van der Waals surface area contributed by atoms with E-state index >= 15 is 0 Å². The molecule has 10 nitrogen and oxygen atoms in total. The molecule has 2 aromatic carbocycles. The molecular formula is C21H18N4O6S3. The Morgan fingerprint density at radius 1 is 1.12 bits per heavy atom. The molecule has 0 unspecified atom stereocenters. The van der Waals surface area contributed by atoms with Crippen LogP contribution < -0.4 is 9.50 Å². The number of sulfone groups is 1. The zero-order valence-corrected chi connectivity index (χ0v) is 20.4. The van der Waals surface area contributed by atoms with Crippen LogP contribution in [-0.4, -0.2) is 37.9 Å². The van der Waals surface area contributed by atoms with Gasteiger partial charge in [0.15, 0.2) is 0 Å². The fourth-order valence-corrected chi connectivity index (χ4v) is 5.01. The van der Waals surface area contributed by atoms with E-state index in [0.29, 0.717) is 17.1 Å². The van der Waals surface area contributed by atoms with Crippen molar-refractivity contribution in [3.8, 4) is 11.8 Å². The molecule has 1 amide bonds. The first-order chi connectivity index (χ1) is 16.0. The van der Waals surface area contributed by atoms with Crippen LogP contribution in [0, 0.1) is 18.3 Å². The lowest BCUT2D eigenvalue weighted by molar-refractivity contribution is -0.112. The van der Waals surface area contributed by atoms with Crippen LogP contribution in [0.25, 0.3) is 6.08 Å². The van der Waals surface area contributed by atoms with Crippen molar-refractivity contribution in [3.05, 3.63) is 65.2 Å². The molecule has 0 bridgehead atoms. The maximum Gasteiger partial charge on any atom is 0.339 e. The van der Waals surface area contributed by atoms with Crippen LogP contribution in [0.5, 0.6) is 5.75 Å². The van der Waals surface area contributed by atoms with Gasteiger partial charge in [-0.25, -0.2) is 8.42 Å². The maximum atomic E-state index is 12.4. The van der Waals surface area contributed by atoms with Gasteiger partial charge in [0.2, 0.25) is 15.0 Å². The van der Waals surface area contributed by atoms with Gasteiger partial charge in [0.1, 0.15) is 22.3 Å². The minimum atomic E-state index is -4.02. The van der Waals surface area contributed by atoms with Crippen LogP contribution in [0.4, 0.5) is 5.13 Å². The molecule has 0 aliphatic carbocycles. The first kappa shape index (κ1) is 25.0. The van der Waals surface area contributed by atoms with E-state index in [1.165, 1.54) is 49.4 Å². The lowest BCUT2D eigenvalue weighted by Gasteiger charge is -2.07. The van der Waals surface area contributed by atoms with Crippen molar-refractivity contribution >= 4 is 48.6 Å². The number of hydrogen-bond acceptors (Lipinski definition) is 10. The van der Waals surface area contributed by atoms with Gasteiger partial charge in [-0.3, -0.25) is 10.1 Å². The van der Waals surface area contributed by atoms with E-state index in [2.05, 4.69) is 14.7 Å². The topological polar surface area (TPSA) is 156 Å². The number of hydrogen-bond donors (Lipinski definition) is 1. The van der Waals surface area contributed by atoms with Crippen LogP contribution in [0.1, 0.15) is 18.1 Å². The van der Waals surface area contributed by atoms with Gasteiger partial charge in [0, 0.05) is 11.5 Å². The Labute approximate surface area is 200 Å². The highest BCUT2D eigenvalue weighted by atomic mass is 32.2. The summed E-state index contributed by atoms with van der Waals surface area (Å²) in [6.45, 7) is 3.28. The van der Waals surface area contributed by atoms with Gasteiger partial charge in [-0.2, -0.15) is 23.0 Å². The summed E-state index contributed by atoms with van der Waals surface area (Å²) in [4.78, 5) is 16.2. The van der Waals surface area contributed by atoms with Gasteiger partial charge < -0.3 is 4.18 Å². The molecule has 0 saturated carbocycles. The number of nitrogens with zero attached hydrogens (tertiary/aromatic N) is 3. The van der Waals surface area contributed by atoms with Crippen LogP contribution in [0.2, 0.25) is 0 Å². The third-order valence-corrected chi connectivity index (χ3v) is 7.86. The SMILES string of the molecule is CCS(=O)(=O)c1nsc(NC(=O)/C(C#N)=C\c2ccc(OS(=O)(=O)c3ccc(C)cc3)cc2)n1. The van der Waals surface area contributed by atoms with E-state index in [-0.39, 0.29) is 27.1 Å². The minimum Gasteiger partial charge on any atom is -0.379 e. The Morgan fingerprint density at radius 3 is 2.35 bits per heavy atom. The molecule has 0 saturated heterocycles. The smallest absolute Gasteiger partial charge is 0.339 e. The average molecular weight is 519 g/mol. The summed E-state index contributed by atoms with van der Waals surface area (Å²) in [5.74, 6) is -0.937. The number of anilines is 1. The molecule has 0 fully saturated rings. The highest BCUT2D eigenvalue weighted by molar-refractivity contribution is 7.91. The van der Waals surface area contributed by atoms with Gasteiger partial charge in [0.25, 0.3) is 11.1 Å². The summed E-state index contributed by atoms with van der Waals surface area (Å²) in [7, 11) is -7.64. The van der Waals surface area contributed by atoms with Gasteiger partial charge in [-0.1, -0.05) is 36.8 Å². The fourth-order valence-electron chi connectivity index (χ4n) is 2.50. The normalized spacial score (nSPS) is 12.1. The number of rotatable bonds is 8. The second kappa shape index (κ2) is 10.1. The number of aryl methyl sites for hydroxylation is 1. The largest absolute Gasteiger partial charge is 0.379 e. The molecule has 34 heavy (non-hydrogen) atoms. The molecule has 1 aromatic heterocycles. The molecule has 0 spiro atoms. The van der Waals surface area contributed by atoms with E-state index in [4.69, 9.17) is 4.18 Å². The van der Waals surface area contributed by atoms with Crippen molar-refractivity contribution in [2.45, 2.75) is 23.9 Å². The molecule has 0 aliphatic heterocycles. The maximum absolute atomic E-state index is 12.4. The standard InChI is InChI=1S/C21H18N4O6S3/c1-3-33(27,28)21-24-20(32-25-21)23-19(26)16(13-22)12-15-6-8-17(9-7-15)31-34(29,30)18-10-4-14(2)5-11-18/h4-12H,3H2,1-2H3,(H,23,24,25,26)/b16-12-. The van der Waals surface area contributed by atoms with Crippen molar-refractivity contribution in [2.24, 2.45) is 0 Å². The fraction of sp³-hybridized carbons (Fsp3) is 0.143. The number of amides is 1. The van der Waals surface area contributed by atoms with E-state index in [1.54, 1.807) is 18.2 Å². The summed E-state index contributed by atoms with van der Waals surface area (Å²) < 4.78 is 57.2. The second-order valence-corrected chi connectivity index (χ2v) is 11.3. The lowest BCUT2D eigenvalue weighted by atomic mass is 10.1. The summed E-state index contributed by atoms with van der Waals surface area (Å²) in [6.07, 6.45) is 1.28. The molecule has 1 N–H and O–H groups in total. The van der Waals surface area contributed by atoms with Gasteiger partial charge >= 0.3 is 10.1 Å². The molecular weight excluding hydrogens is 500 g/mol. The summed E-state index contributed by atoms with van der Waals surface area (Å²) in [5.41, 5.74) is 1.05. The third-order valence-electron chi connectivity index (χ3n) is 4.36. The second-order valence-electron chi connectivity index (χ2n) is 6.83. The third kappa shape index (κ3) is 6.04. The highest BCUT2D eigenvalue weighted by Gasteiger charge is 2.20. The molecule has 3 rings (SSSR count). The van der Waals surface area contributed by atoms with E-state index in [1.807, 2.05) is 6.92 Å². The van der Waals surface area contributed by atoms with Crippen LogP contribution in [-0.2, 0) is 24.7 Å². The predicted molar refractivity (Wildman–Crippen MR) is 125 cm³/mol. The average Bonchev–Trinajstić information content (AvgIpc) is 3.28. The molecule has 13 heteroatoms. The Morgan fingerprint density at radius 2 is 1.76 bits per heavy atom. The molecule has 176 valence electrons. The number of carbonyl (C=O) groups excluding carboxylic acids is 1. The quantitative estimate of drug-likeness (QED) is 0.269. The van der Waals surface area contributed by atoms with Gasteiger partial charge in [0.05, 0.1) is 5.75 Å². The molecule has 3 aromatic rings. The van der Waals surface area contributed by atoms with E-state index in [9.17, 15) is 26.9 Å². The monoisotopic (exact) mass is 518 g/mol. The molecule has 0 radical (unpaired) electrons. The van der Waals surface area contributed by atoms with Crippen LogP contribution >= 0.6 is 11.5 Å². The van der Waals surface area contributed by atoms with Crippen LogP contribution in [0.3, 0.4) is 0 Å². The summed E-state index contributed by atoms with van der Waals surface area (Å²) in [5, 5.41) is 11.2. The number of benzene rings is 2. The minimum absolute atomic E-state index is 0.0112. The number of nitriles is 1. The zero-order chi connectivity index (χ0) is 24.9. The van der Waals surface area contributed by atoms with Gasteiger partial charge in [-0.15, -0.1) is 0 Å². The van der Waals surface area contributed by atoms with E-state index < -0.39 is 31.0 Å². The lowest BCUT2D eigenvalue weighted by Crippen LogP contribution is -2.13. The van der Waals surface area contributed by atoms with Crippen LogP contribution in [0.15, 0.2) is 64.2 Å². The molecule has 0 aliphatic rings. The molecule has 0 atom stereocenters. The van der Waals surface area contributed by atoms with Crippen molar-refractivity contribution in [3.63, 3.8) is 0 Å². The molecule has 1 heterocycles. The number of carbonyl (C=O) groups is 1. The first-order valence-electron chi connectivity index (χ1n) is 9.65. The zero-order valence-electron chi connectivity index (χ0n) is 17.9. The van der Waals surface area contributed by atoms with Crippen molar-refractivity contribution in [1.82, 2.24) is 9.36 Å². The summed E-state index contributed by atoms with van der Waals surface area (Å²) in [6, 6.07) is 13.7. The number of aromatic nitrogens is 2. The predicted octanol–water partition coefficient (Wildman–Crippen LogP) is 2.95. The summed E-state index contributed by atoms with van der Waals surface area (Å²) >= 11 is 0.678. The van der Waals surface area contributed by atoms with Crippen molar-refractivity contribution < 1.29 is 25.8 Å². The Kier molecular flexibility index (Phi) is 7.45. The Hall–Kier alpha value is -3.60. The first-order valence-corrected chi connectivity index (χ1v) is 13.5. The Bertz CT molecular complexity index is 1490.